The fourth-order valence-corrected chi connectivity index (χ4v) is 3.99. The number of carbonyl (C=O) groups excluding carboxylic acids is 1. The van der Waals surface area contributed by atoms with Crippen molar-refractivity contribution in [2.24, 2.45) is 0 Å². The Labute approximate surface area is 119 Å². The second-order valence-corrected chi connectivity index (χ2v) is 7.46. The van der Waals surface area contributed by atoms with E-state index < -0.39 is 21.8 Å². The number of rotatable bonds is 5. The van der Waals surface area contributed by atoms with Gasteiger partial charge in [-0.3, -0.25) is 4.79 Å². The van der Waals surface area contributed by atoms with Crippen LogP contribution in [0.25, 0.3) is 0 Å². The zero-order chi connectivity index (χ0) is 15.5. The summed E-state index contributed by atoms with van der Waals surface area (Å²) in [6.45, 7) is 3.27. The van der Waals surface area contributed by atoms with Gasteiger partial charge >= 0.3 is 12.0 Å². The highest BCUT2D eigenvalue weighted by Gasteiger charge is 2.35. The molecule has 116 valence electrons. The molecule has 0 aromatic heterocycles. The molecule has 1 saturated heterocycles. The van der Waals surface area contributed by atoms with Gasteiger partial charge in [-0.15, -0.1) is 0 Å². The summed E-state index contributed by atoms with van der Waals surface area (Å²) in [4.78, 5) is 25.9. The molecule has 0 aromatic rings. The van der Waals surface area contributed by atoms with E-state index in [4.69, 9.17) is 5.11 Å². The Balaban J connectivity index is 2.81. The molecule has 0 aromatic carbocycles. The Morgan fingerprint density at radius 3 is 2.40 bits per heavy atom. The highest BCUT2D eigenvalue weighted by Crippen LogP contribution is 2.18. The summed E-state index contributed by atoms with van der Waals surface area (Å²) in [5.74, 6) is -1.04. The standard InChI is InChI=1S/C12H22N2O5S/c1-4-9(2)14(7-11(15)16)12(17)13(3)10-5-6-20(18,19)8-10/h9-10H,4-8H2,1-3H3,(H,15,16). The molecule has 0 spiro atoms. The Morgan fingerprint density at radius 2 is 2.00 bits per heavy atom. The molecular formula is C12H22N2O5S. The molecule has 0 aliphatic carbocycles. The number of hydrogen-bond acceptors (Lipinski definition) is 4. The summed E-state index contributed by atoms with van der Waals surface area (Å²) in [5, 5.41) is 8.90. The van der Waals surface area contributed by atoms with Crippen molar-refractivity contribution < 1.29 is 23.1 Å². The molecule has 2 unspecified atom stereocenters. The monoisotopic (exact) mass is 306 g/mol. The summed E-state index contributed by atoms with van der Waals surface area (Å²) in [6, 6.07) is -1.00. The SMILES string of the molecule is CCC(C)N(CC(=O)O)C(=O)N(C)C1CCS(=O)(=O)C1. The highest BCUT2D eigenvalue weighted by atomic mass is 32.2. The summed E-state index contributed by atoms with van der Waals surface area (Å²) in [6.07, 6.45) is 1.04. The summed E-state index contributed by atoms with van der Waals surface area (Å²) in [5.41, 5.74) is 0. The van der Waals surface area contributed by atoms with Gasteiger partial charge in [-0.25, -0.2) is 13.2 Å². The van der Waals surface area contributed by atoms with E-state index in [2.05, 4.69) is 0 Å². The third-order valence-corrected chi connectivity index (χ3v) is 5.48. The number of urea groups is 1. The van der Waals surface area contributed by atoms with Crippen LogP contribution in [-0.4, -0.2) is 72.5 Å². The van der Waals surface area contributed by atoms with Gasteiger partial charge < -0.3 is 14.9 Å². The van der Waals surface area contributed by atoms with E-state index in [1.807, 2.05) is 6.92 Å². The van der Waals surface area contributed by atoms with Crippen LogP contribution < -0.4 is 0 Å². The van der Waals surface area contributed by atoms with E-state index in [1.54, 1.807) is 6.92 Å². The Hall–Kier alpha value is -1.31. The number of sulfone groups is 1. The number of carboxylic acids is 1. The quantitative estimate of drug-likeness (QED) is 0.794. The second kappa shape index (κ2) is 6.43. The maximum Gasteiger partial charge on any atom is 0.323 e. The molecule has 1 N–H and O–H groups in total. The number of hydrogen-bond donors (Lipinski definition) is 1. The first-order valence-corrected chi connectivity index (χ1v) is 8.45. The van der Waals surface area contributed by atoms with Crippen LogP contribution in [0.15, 0.2) is 0 Å². The van der Waals surface area contributed by atoms with Gasteiger partial charge in [-0.05, 0) is 19.8 Å². The molecule has 1 aliphatic heterocycles. The molecule has 2 atom stereocenters. The van der Waals surface area contributed by atoms with Crippen LogP contribution >= 0.6 is 0 Å². The fourth-order valence-electron chi connectivity index (χ4n) is 2.22. The Kier molecular flexibility index (Phi) is 5.38. The summed E-state index contributed by atoms with van der Waals surface area (Å²) < 4.78 is 22.9. The average molecular weight is 306 g/mol. The molecule has 0 saturated carbocycles. The topological polar surface area (TPSA) is 95.0 Å². The van der Waals surface area contributed by atoms with Crippen molar-refractivity contribution in [1.29, 1.82) is 0 Å². The van der Waals surface area contributed by atoms with Crippen LogP contribution in [0.3, 0.4) is 0 Å². The minimum Gasteiger partial charge on any atom is -0.480 e. The van der Waals surface area contributed by atoms with Gasteiger partial charge in [0, 0.05) is 19.1 Å². The van der Waals surface area contributed by atoms with E-state index in [9.17, 15) is 18.0 Å². The van der Waals surface area contributed by atoms with Crippen molar-refractivity contribution in [2.45, 2.75) is 38.8 Å². The Morgan fingerprint density at radius 1 is 1.40 bits per heavy atom. The lowest BCUT2D eigenvalue weighted by Gasteiger charge is -2.33. The van der Waals surface area contributed by atoms with Crippen molar-refractivity contribution >= 4 is 21.8 Å². The Bertz CT molecular complexity index is 476. The first-order valence-electron chi connectivity index (χ1n) is 6.63. The average Bonchev–Trinajstić information content (AvgIpc) is 2.73. The number of carbonyl (C=O) groups is 2. The van der Waals surface area contributed by atoms with E-state index >= 15 is 0 Å². The smallest absolute Gasteiger partial charge is 0.323 e. The predicted molar refractivity (Wildman–Crippen MR) is 74.3 cm³/mol. The van der Waals surface area contributed by atoms with Gasteiger partial charge in [0.1, 0.15) is 6.54 Å². The predicted octanol–water partition coefficient (Wildman–Crippen LogP) is 0.410. The molecular weight excluding hydrogens is 284 g/mol. The van der Waals surface area contributed by atoms with Gasteiger partial charge in [0.05, 0.1) is 11.5 Å². The maximum atomic E-state index is 12.4. The van der Waals surface area contributed by atoms with Crippen molar-refractivity contribution in [3.8, 4) is 0 Å². The molecule has 2 amide bonds. The van der Waals surface area contributed by atoms with Gasteiger partial charge in [0.25, 0.3) is 0 Å². The lowest BCUT2D eigenvalue weighted by molar-refractivity contribution is -0.138. The number of amides is 2. The third-order valence-electron chi connectivity index (χ3n) is 3.73. The van der Waals surface area contributed by atoms with Crippen LogP contribution in [0.4, 0.5) is 4.79 Å². The largest absolute Gasteiger partial charge is 0.480 e. The normalized spacial score (nSPS) is 22.2. The fraction of sp³-hybridized carbons (Fsp3) is 0.833. The van der Waals surface area contributed by atoms with Crippen molar-refractivity contribution in [3.63, 3.8) is 0 Å². The van der Waals surface area contributed by atoms with E-state index in [1.165, 1.54) is 16.8 Å². The maximum absolute atomic E-state index is 12.4. The molecule has 1 fully saturated rings. The molecule has 1 heterocycles. The number of nitrogens with zero attached hydrogens (tertiary/aromatic N) is 2. The molecule has 7 nitrogen and oxygen atoms in total. The number of carboxylic acid groups (broad SMARTS) is 1. The first kappa shape index (κ1) is 16.7. The van der Waals surface area contributed by atoms with Crippen LogP contribution in [0.5, 0.6) is 0 Å². The lowest BCUT2D eigenvalue weighted by atomic mass is 10.2. The second-order valence-electron chi connectivity index (χ2n) is 5.23. The van der Waals surface area contributed by atoms with Crippen molar-refractivity contribution in [3.05, 3.63) is 0 Å². The molecule has 1 aliphatic rings. The van der Waals surface area contributed by atoms with Gasteiger partial charge in [-0.2, -0.15) is 0 Å². The van der Waals surface area contributed by atoms with Crippen LogP contribution in [0.1, 0.15) is 26.7 Å². The van der Waals surface area contributed by atoms with Gasteiger partial charge in [0.2, 0.25) is 0 Å². The first-order chi connectivity index (χ1) is 9.18. The summed E-state index contributed by atoms with van der Waals surface area (Å²) >= 11 is 0. The van der Waals surface area contributed by atoms with E-state index in [0.717, 1.165) is 0 Å². The molecule has 0 bridgehead atoms. The van der Waals surface area contributed by atoms with Crippen LogP contribution in [-0.2, 0) is 14.6 Å². The van der Waals surface area contributed by atoms with E-state index in [-0.39, 0.29) is 30.1 Å². The highest BCUT2D eigenvalue weighted by molar-refractivity contribution is 7.91. The molecule has 8 heteroatoms. The van der Waals surface area contributed by atoms with Crippen molar-refractivity contribution in [2.75, 3.05) is 25.1 Å². The molecule has 0 radical (unpaired) electrons. The summed E-state index contributed by atoms with van der Waals surface area (Å²) in [7, 11) is -1.54. The van der Waals surface area contributed by atoms with Gasteiger partial charge in [0.15, 0.2) is 9.84 Å². The number of aliphatic carboxylic acids is 1. The molecule has 1 rings (SSSR count). The zero-order valence-corrected chi connectivity index (χ0v) is 12.9. The zero-order valence-electron chi connectivity index (χ0n) is 12.1. The minimum absolute atomic E-state index is 0.0450. The lowest BCUT2D eigenvalue weighted by Crippen LogP contribution is -2.51. The van der Waals surface area contributed by atoms with Crippen molar-refractivity contribution in [1.82, 2.24) is 9.80 Å². The third kappa shape index (κ3) is 4.09. The molecule has 20 heavy (non-hydrogen) atoms. The van der Waals surface area contributed by atoms with E-state index in [0.29, 0.717) is 12.8 Å². The van der Waals surface area contributed by atoms with Gasteiger partial charge in [-0.1, -0.05) is 6.92 Å². The van der Waals surface area contributed by atoms with Crippen LogP contribution in [0.2, 0.25) is 0 Å². The van der Waals surface area contributed by atoms with Crippen LogP contribution in [0, 0.1) is 0 Å². The minimum atomic E-state index is -3.08.